The molecule has 1 nitrogen and oxygen atoms in total. The van der Waals surface area contributed by atoms with Gasteiger partial charge in [-0.2, -0.15) is 16.4 Å². The van der Waals surface area contributed by atoms with Crippen LogP contribution in [0.15, 0.2) is 152 Å². The van der Waals surface area contributed by atoms with Crippen molar-refractivity contribution in [1.29, 1.82) is 0 Å². The Morgan fingerprint density at radius 1 is 0.439 bits per heavy atom. The molecule has 0 unspecified atom stereocenters. The molecule has 1 aliphatic heterocycles. The van der Waals surface area contributed by atoms with Gasteiger partial charge < -0.3 is 0 Å². The molecule has 0 saturated carbocycles. The lowest BCUT2D eigenvalue weighted by molar-refractivity contribution is 0.689. The van der Waals surface area contributed by atoms with Crippen LogP contribution in [0.3, 0.4) is 0 Å². The van der Waals surface area contributed by atoms with E-state index in [1.807, 2.05) is 0 Å². The summed E-state index contributed by atoms with van der Waals surface area (Å²) in [5.41, 5.74) is 10.7. The minimum Gasteiger partial charge on any atom is -0.180 e. The van der Waals surface area contributed by atoms with Gasteiger partial charge in [-0.3, -0.25) is 0 Å². The predicted molar refractivity (Wildman–Crippen MR) is 178 cm³/mol. The van der Waals surface area contributed by atoms with Crippen LogP contribution in [-0.2, 0) is 0 Å². The number of benzene rings is 5. The smallest absolute Gasteiger partial charge is 0.180 e. The fraction of sp³-hybridized carbons (Fsp3) is 0.103. The number of hydrogen-bond acceptors (Lipinski definition) is 0. The van der Waals surface area contributed by atoms with Crippen LogP contribution >= 0.6 is 0 Å². The van der Waals surface area contributed by atoms with E-state index in [9.17, 15) is 0 Å². The Labute approximate surface area is 244 Å². The molecule has 1 aliphatic rings. The van der Waals surface area contributed by atoms with E-state index in [2.05, 4.69) is 178 Å². The first-order chi connectivity index (χ1) is 20.0. The number of rotatable bonds is 5. The molecule has 0 saturated heterocycles. The first-order valence-corrected chi connectivity index (χ1v) is 14.4. The van der Waals surface area contributed by atoms with Crippen molar-refractivity contribution in [2.45, 2.75) is 26.3 Å². The summed E-state index contributed by atoms with van der Waals surface area (Å²) in [6.07, 6.45) is -1.78. The third kappa shape index (κ3) is 4.97. The van der Waals surface area contributed by atoms with Crippen LogP contribution < -0.4 is 5.46 Å². The highest BCUT2D eigenvalue weighted by atomic mass is 14.8. The molecule has 2 heteroatoms. The van der Waals surface area contributed by atoms with E-state index in [1.165, 1.54) is 49.8 Å². The van der Waals surface area contributed by atoms with Crippen molar-refractivity contribution in [3.05, 3.63) is 179 Å². The zero-order valence-electron chi connectivity index (χ0n) is 24.0. The maximum atomic E-state index is 5.20. The Hall–Kier alpha value is -4.87. The third-order valence-electron chi connectivity index (χ3n) is 7.84. The van der Waals surface area contributed by atoms with Crippen molar-refractivity contribution in [1.82, 2.24) is 0 Å². The van der Waals surface area contributed by atoms with Crippen LogP contribution in [0.25, 0.3) is 26.9 Å². The van der Waals surface area contributed by atoms with Gasteiger partial charge in [0.1, 0.15) is 0 Å². The van der Waals surface area contributed by atoms with Crippen LogP contribution in [0, 0.1) is 5.97 Å². The van der Waals surface area contributed by atoms with E-state index in [4.69, 9.17) is 4.85 Å². The highest BCUT2D eigenvalue weighted by molar-refractivity contribution is 7.26. The molecule has 0 radical (unpaired) electrons. The van der Waals surface area contributed by atoms with Crippen molar-refractivity contribution < 1.29 is 0 Å². The Bertz CT molecular complexity index is 1670. The molecule has 0 aliphatic carbocycles. The number of hydrogen-bond donors (Lipinski definition) is 0. The molecule has 41 heavy (non-hydrogen) atoms. The molecule has 0 amide bonds. The van der Waals surface area contributed by atoms with Gasteiger partial charge >= 0.3 is 0 Å². The second-order valence-corrected chi connectivity index (χ2v) is 11.7. The topological polar surface area (TPSA) is 4.36 Å². The fourth-order valence-corrected chi connectivity index (χ4v) is 6.25. The normalized spacial score (nSPS) is 14.5. The molecule has 6 rings (SSSR count). The minimum atomic E-state index is -1.78. The Balaban J connectivity index is 1.90. The molecule has 0 atom stereocenters. The van der Waals surface area contributed by atoms with Gasteiger partial charge in [-0.25, -0.2) is 0 Å². The number of allylic oxidation sites excluding steroid dienone is 2. The third-order valence-corrected chi connectivity index (χ3v) is 7.84. The number of nitrogens with zero attached hydrogens (tertiary/aromatic N) is 1. The van der Waals surface area contributed by atoms with Gasteiger partial charge in [-0.15, -0.1) is 4.85 Å². The standard InChI is InChI=1S/C39H34BN/c1-39(2,3)41-29-40(34-27-17-8-18-28-34)37(32-23-13-6-14-24-32)35(30-19-9-4-10-20-30)36(31-21-11-5-12-22-31)38(40)33-25-15-7-16-26-33/h4-28H,1-3H3. The largest absolute Gasteiger partial charge is 0.268 e. The monoisotopic (exact) mass is 527 g/mol. The SMILES string of the molecule is CC(C)(C)[N+]#C[B-]1(c2ccccc2)C(c2ccccc2)=C(c2ccccc2)C(c2ccccc2)=C1c1ccccc1. The van der Waals surface area contributed by atoms with Gasteiger partial charge in [0.2, 0.25) is 6.15 Å². The van der Waals surface area contributed by atoms with Gasteiger partial charge in [0.25, 0.3) is 5.54 Å². The second kappa shape index (κ2) is 11.0. The summed E-state index contributed by atoms with van der Waals surface area (Å²) in [6.45, 7) is 6.45. The molecule has 0 fully saturated rings. The first kappa shape index (κ1) is 26.4. The Kier molecular flexibility index (Phi) is 7.04. The summed E-state index contributed by atoms with van der Waals surface area (Å²) >= 11 is 0. The summed E-state index contributed by atoms with van der Waals surface area (Å²) in [6, 6.07) is 54.3. The van der Waals surface area contributed by atoms with Crippen molar-refractivity contribution in [3.63, 3.8) is 0 Å². The second-order valence-electron chi connectivity index (χ2n) is 11.7. The zero-order chi connectivity index (χ0) is 28.3. The summed E-state index contributed by atoms with van der Waals surface area (Å²) in [4.78, 5) is 5.20. The molecule has 5 aromatic rings. The summed E-state index contributed by atoms with van der Waals surface area (Å²) < 4.78 is 0. The predicted octanol–water partition coefficient (Wildman–Crippen LogP) is 9.33. The summed E-state index contributed by atoms with van der Waals surface area (Å²) in [5.74, 6) is 3.92. The van der Waals surface area contributed by atoms with E-state index >= 15 is 0 Å². The van der Waals surface area contributed by atoms with Gasteiger partial charge in [-0.1, -0.05) is 163 Å². The zero-order valence-corrected chi connectivity index (χ0v) is 24.0. The van der Waals surface area contributed by atoms with E-state index in [1.54, 1.807) is 0 Å². The van der Waals surface area contributed by atoms with E-state index in [-0.39, 0.29) is 5.54 Å². The molecule has 0 aromatic heterocycles. The van der Waals surface area contributed by atoms with Crippen molar-refractivity contribution in [3.8, 4) is 5.97 Å². The average Bonchev–Trinajstić information content (AvgIpc) is 3.34. The van der Waals surface area contributed by atoms with Gasteiger partial charge in [0.15, 0.2) is 0 Å². The molecular formula is C39H34BN. The van der Waals surface area contributed by atoms with E-state index in [0.717, 1.165) is 0 Å². The molecule has 0 N–H and O–H groups in total. The van der Waals surface area contributed by atoms with E-state index in [0.29, 0.717) is 0 Å². The fourth-order valence-electron chi connectivity index (χ4n) is 6.25. The highest BCUT2D eigenvalue weighted by Crippen LogP contribution is 2.55. The van der Waals surface area contributed by atoms with E-state index < -0.39 is 6.15 Å². The van der Waals surface area contributed by atoms with Gasteiger partial charge in [-0.05, 0) is 22.3 Å². The van der Waals surface area contributed by atoms with Crippen molar-refractivity contribution in [2.24, 2.45) is 0 Å². The Morgan fingerprint density at radius 2 is 0.756 bits per heavy atom. The maximum absolute atomic E-state index is 5.20. The average molecular weight is 528 g/mol. The first-order valence-electron chi connectivity index (χ1n) is 14.4. The van der Waals surface area contributed by atoms with Crippen LogP contribution in [0.2, 0.25) is 0 Å². The molecular weight excluding hydrogens is 493 g/mol. The van der Waals surface area contributed by atoms with Gasteiger partial charge in [0.05, 0.1) is 5.97 Å². The molecule has 1 heterocycles. The summed E-state index contributed by atoms with van der Waals surface area (Å²) in [7, 11) is 0. The van der Waals surface area contributed by atoms with Gasteiger partial charge in [0, 0.05) is 20.8 Å². The quantitative estimate of drug-likeness (QED) is 0.201. The van der Waals surface area contributed by atoms with Crippen LogP contribution in [0.1, 0.15) is 43.0 Å². The minimum absolute atomic E-state index is 0.296. The lowest BCUT2D eigenvalue weighted by atomic mass is 9.15. The molecule has 0 spiro atoms. The lowest BCUT2D eigenvalue weighted by Crippen LogP contribution is -2.49. The molecule has 5 aromatic carbocycles. The molecule has 0 bridgehead atoms. The highest BCUT2D eigenvalue weighted by Gasteiger charge is 2.47. The lowest BCUT2D eigenvalue weighted by Gasteiger charge is -2.35. The van der Waals surface area contributed by atoms with Crippen LogP contribution in [0.5, 0.6) is 0 Å². The van der Waals surface area contributed by atoms with Crippen molar-refractivity contribution >= 4 is 33.7 Å². The molecule has 198 valence electrons. The maximum Gasteiger partial charge on any atom is 0.268 e. The van der Waals surface area contributed by atoms with Crippen molar-refractivity contribution in [2.75, 3.05) is 0 Å². The van der Waals surface area contributed by atoms with Crippen LogP contribution in [0.4, 0.5) is 0 Å². The van der Waals surface area contributed by atoms with Crippen LogP contribution in [-0.4, -0.2) is 11.7 Å². The Morgan fingerprint density at radius 3 is 1.10 bits per heavy atom. The summed E-state index contributed by atoms with van der Waals surface area (Å²) in [5, 5.41) is 0.